The van der Waals surface area contributed by atoms with Gasteiger partial charge in [0.1, 0.15) is 6.33 Å². The standard InChI is InChI=1S/C14H23N3/c1-12-2-4-13(5-3-12)6-8-15-10-14-7-9-16-11-17-14/h7,9,11-13,15H,2-6,8,10H2,1H3. The normalized spacial score (nSPS) is 24.8. The van der Waals surface area contributed by atoms with Crippen molar-refractivity contribution in [2.45, 2.75) is 45.6 Å². The number of nitrogens with zero attached hydrogens (tertiary/aromatic N) is 2. The van der Waals surface area contributed by atoms with E-state index in [2.05, 4.69) is 22.2 Å². The van der Waals surface area contributed by atoms with Crippen molar-refractivity contribution < 1.29 is 0 Å². The minimum absolute atomic E-state index is 0.867. The van der Waals surface area contributed by atoms with Gasteiger partial charge >= 0.3 is 0 Å². The van der Waals surface area contributed by atoms with E-state index in [4.69, 9.17) is 0 Å². The lowest BCUT2D eigenvalue weighted by Crippen LogP contribution is -2.21. The van der Waals surface area contributed by atoms with E-state index >= 15 is 0 Å². The highest BCUT2D eigenvalue weighted by Gasteiger charge is 2.17. The summed E-state index contributed by atoms with van der Waals surface area (Å²) in [6.07, 6.45) is 10.4. The van der Waals surface area contributed by atoms with Gasteiger partial charge in [-0.1, -0.05) is 32.6 Å². The zero-order chi connectivity index (χ0) is 11.9. The van der Waals surface area contributed by atoms with Gasteiger partial charge in [0.25, 0.3) is 0 Å². The number of aromatic nitrogens is 2. The molecule has 0 aliphatic heterocycles. The molecule has 0 aromatic carbocycles. The maximum atomic E-state index is 4.20. The van der Waals surface area contributed by atoms with Crippen molar-refractivity contribution in [3.8, 4) is 0 Å². The number of nitrogens with one attached hydrogen (secondary N) is 1. The Morgan fingerprint density at radius 2 is 2.12 bits per heavy atom. The molecule has 94 valence electrons. The van der Waals surface area contributed by atoms with Crippen LogP contribution in [-0.2, 0) is 6.54 Å². The molecule has 3 heteroatoms. The molecule has 1 aliphatic carbocycles. The van der Waals surface area contributed by atoms with E-state index < -0.39 is 0 Å². The molecule has 1 aromatic heterocycles. The van der Waals surface area contributed by atoms with Gasteiger partial charge in [-0.2, -0.15) is 0 Å². The average Bonchev–Trinajstić information content (AvgIpc) is 2.38. The summed E-state index contributed by atoms with van der Waals surface area (Å²) < 4.78 is 0. The molecule has 0 saturated heterocycles. The third-order valence-corrected chi connectivity index (χ3v) is 3.81. The Balaban J connectivity index is 1.57. The summed E-state index contributed by atoms with van der Waals surface area (Å²) in [7, 11) is 0. The summed E-state index contributed by atoms with van der Waals surface area (Å²) >= 11 is 0. The second-order valence-corrected chi connectivity index (χ2v) is 5.29. The van der Waals surface area contributed by atoms with Crippen LogP contribution in [-0.4, -0.2) is 16.5 Å². The van der Waals surface area contributed by atoms with Crippen molar-refractivity contribution in [3.05, 3.63) is 24.3 Å². The maximum absolute atomic E-state index is 4.20. The van der Waals surface area contributed by atoms with E-state index in [0.717, 1.165) is 30.6 Å². The molecule has 17 heavy (non-hydrogen) atoms. The van der Waals surface area contributed by atoms with Crippen LogP contribution in [0.5, 0.6) is 0 Å². The van der Waals surface area contributed by atoms with Gasteiger partial charge in [-0.25, -0.2) is 9.97 Å². The Kier molecular flexibility index (Phi) is 4.92. The fourth-order valence-electron chi connectivity index (χ4n) is 2.56. The summed E-state index contributed by atoms with van der Waals surface area (Å²) in [5, 5.41) is 3.47. The second kappa shape index (κ2) is 6.70. The van der Waals surface area contributed by atoms with Crippen LogP contribution in [0.3, 0.4) is 0 Å². The molecule has 0 bridgehead atoms. The van der Waals surface area contributed by atoms with Crippen LogP contribution in [0.2, 0.25) is 0 Å². The van der Waals surface area contributed by atoms with Crippen LogP contribution in [0.4, 0.5) is 0 Å². The van der Waals surface area contributed by atoms with Crippen molar-refractivity contribution in [1.29, 1.82) is 0 Å². The molecule has 1 aromatic rings. The fourth-order valence-corrected chi connectivity index (χ4v) is 2.56. The SMILES string of the molecule is CC1CCC(CCNCc2ccncn2)CC1. The highest BCUT2D eigenvalue weighted by molar-refractivity contribution is 4.96. The molecule has 2 rings (SSSR count). The highest BCUT2D eigenvalue weighted by atomic mass is 14.9. The lowest BCUT2D eigenvalue weighted by Gasteiger charge is -2.26. The van der Waals surface area contributed by atoms with E-state index in [1.54, 1.807) is 12.5 Å². The van der Waals surface area contributed by atoms with Gasteiger partial charge in [0.15, 0.2) is 0 Å². The third kappa shape index (κ3) is 4.43. The number of hydrogen-bond donors (Lipinski definition) is 1. The Labute approximate surface area is 104 Å². The smallest absolute Gasteiger partial charge is 0.115 e. The van der Waals surface area contributed by atoms with E-state index in [-0.39, 0.29) is 0 Å². The zero-order valence-electron chi connectivity index (χ0n) is 10.7. The van der Waals surface area contributed by atoms with Crippen LogP contribution in [0.15, 0.2) is 18.6 Å². The fraction of sp³-hybridized carbons (Fsp3) is 0.714. The highest BCUT2D eigenvalue weighted by Crippen LogP contribution is 2.29. The number of hydrogen-bond acceptors (Lipinski definition) is 3. The molecule has 1 heterocycles. The summed E-state index contributed by atoms with van der Waals surface area (Å²) in [6.45, 7) is 4.36. The Morgan fingerprint density at radius 3 is 2.82 bits per heavy atom. The molecule has 1 fully saturated rings. The van der Waals surface area contributed by atoms with Gasteiger partial charge in [0, 0.05) is 12.7 Å². The Bertz CT molecular complexity index is 305. The first-order valence-corrected chi connectivity index (χ1v) is 6.80. The van der Waals surface area contributed by atoms with Crippen molar-refractivity contribution in [3.63, 3.8) is 0 Å². The van der Waals surface area contributed by atoms with E-state index in [0.29, 0.717) is 0 Å². The van der Waals surface area contributed by atoms with E-state index in [1.807, 2.05) is 6.07 Å². The van der Waals surface area contributed by atoms with Crippen LogP contribution in [0.1, 0.15) is 44.7 Å². The minimum Gasteiger partial charge on any atom is -0.311 e. The van der Waals surface area contributed by atoms with Gasteiger partial charge in [-0.05, 0) is 30.9 Å². The summed E-state index contributed by atoms with van der Waals surface area (Å²) in [4.78, 5) is 8.11. The lowest BCUT2D eigenvalue weighted by atomic mass is 9.81. The Hall–Kier alpha value is -0.960. The molecule has 1 aliphatic rings. The van der Waals surface area contributed by atoms with Crippen molar-refractivity contribution >= 4 is 0 Å². The molecule has 1 saturated carbocycles. The molecule has 1 N–H and O–H groups in total. The first kappa shape index (κ1) is 12.5. The van der Waals surface area contributed by atoms with Crippen LogP contribution in [0, 0.1) is 11.8 Å². The zero-order valence-corrected chi connectivity index (χ0v) is 10.7. The molecule has 0 spiro atoms. The maximum Gasteiger partial charge on any atom is 0.115 e. The first-order chi connectivity index (χ1) is 8.34. The largest absolute Gasteiger partial charge is 0.311 e. The second-order valence-electron chi connectivity index (χ2n) is 5.29. The van der Waals surface area contributed by atoms with Gasteiger partial charge < -0.3 is 5.32 Å². The van der Waals surface area contributed by atoms with Gasteiger partial charge in [-0.15, -0.1) is 0 Å². The molecule has 0 atom stereocenters. The van der Waals surface area contributed by atoms with Crippen LogP contribution >= 0.6 is 0 Å². The predicted octanol–water partition coefficient (Wildman–Crippen LogP) is 2.78. The van der Waals surface area contributed by atoms with Crippen molar-refractivity contribution in [1.82, 2.24) is 15.3 Å². The van der Waals surface area contributed by atoms with E-state index in [9.17, 15) is 0 Å². The summed E-state index contributed by atoms with van der Waals surface area (Å²) in [5.41, 5.74) is 1.08. The molecular formula is C14H23N3. The average molecular weight is 233 g/mol. The number of rotatable bonds is 5. The van der Waals surface area contributed by atoms with Crippen LogP contribution in [0.25, 0.3) is 0 Å². The summed E-state index contributed by atoms with van der Waals surface area (Å²) in [5.74, 6) is 1.91. The van der Waals surface area contributed by atoms with Crippen molar-refractivity contribution in [2.75, 3.05) is 6.54 Å². The Morgan fingerprint density at radius 1 is 1.29 bits per heavy atom. The van der Waals surface area contributed by atoms with E-state index in [1.165, 1.54) is 32.1 Å². The van der Waals surface area contributed by atoms with Gasteiger partial charge in [0.05, 0.1) is 5.69 Å². The monoisotopic (exact) mass is 233 g/mol. The molecule has 0 amide bonds. The lowest BCUT2D eigenvalue weighted by molar-refractivity contribution is 0.275. The topological polar surface area (TPSA) is 37.8 Å². The third-order valence-electron chi connectivity index (χ3n) is 3.81. The van der Waals surface area contributed by atoms with Crippen LogP contribution < -0.4 is 5.32 Å². The minimum atomic E-state index is 0.867. The first-order valence-electron chi connectivity index (χ1n) is 6.80. The predicted molar refractivity (Wildman–Crippen MR) is 69.5 cm³/mol. The summed E-state index contributed by atoms with van der Waals surface area (Å²) in [6, 6.07) is 1.97. The van der Waals surface area contributed by atoms with Gasteiger partial charge in [-0.3, -0.25) is 0 Å². The molecule has 0 radical (unpaired) electrons. The molecular weight excluding hydrogens is 210 g/mol. The molecule has 0 unspecified atom stereocenters. The van der Waals surface area contributed by atoms with Gasteiger partial charge in [0.2, 0.25) is 0 Å². The quantitative estimate of drug-likeness (QED) is 0.795. The molecule has 3 nitrogen and oxygen atoms in total. The van der Waals surface area contributed by atoms with Crippen molar-refractivity contribution in [2.24, 2.45) is 11.8 Å².